The fraction of sp³-hybridized carbons (Fsp3) is 0.370. The van der Waals surface area contributed by atoms with Gasteiger partial charge in [-0.15, -0.1) is 12.4 Å². The van der Waals surface area contributed by atoms with Crippen molar-refractivity contribution in [2.45, 2.75) is 6.04 Å². The van der Waals surface area contributed by atoms with E-state index in [2.05, 4.69) is 85.3 Å². The van der Waals surface area contributed by atoms with E-state index in [-0.39, 0.29) is 24.4 Å². The molecule has 2 aliphatic heterocycles. The van der Waals surface area contributed by atoms with Crippen LogP contribution < -0.4 is 4.90 Å². The molecule has 0 aliphatic carbocycles. The predicted molar refractivity (Wildman–Crippen MR) is 141 cm³/mol. The van der Waals surface area contributed by atoms with Gasteiger partial charge in [0.15, 0.2) is 0 Å². The van der Waals surface area contributed by atoms with Gasteiger partial charge < -0.3 is 9.80 Å². The molecule has 5 rings (SSSR count). The smallest absolute Gasteiger partial charge is 0.236 e. The third kappa shape index (κ3) is 6.17. The van der Waals surface area contributed by atoms with Crippen LogP contribution in [0.1, 0.15) is 17.2 Å². The van der Waals surface area contributed by atoms with Crippen molar-refractivity contribution in [2.24, 2.45) is 0 Å². The summed E-state index contributed by atoms with van der Waals surface area (Å²) in [4.78, 5) is 30.7. The van der Waals surface area contributed by atoms with E-state index < -0.39 is 0 Å². The second-order valence-electron chi connectivity index (χ2n) is 8.95. The van der Waals surface area contributed by atoms with Crippen molar-refractivity contribution in [3.8, 4) is 0 Å². The van der Waals surface area contributed by atoms with Crippen LogP contribution in [0.15, 0.2) is 79.1 Å². The normalized spacial score (nSPS) is 17.3. The molecule has 0 radical (unpaired) electrons. The van der Waals surface area contributed by atoms with Gasteiger partial charge in [0.05, 0.1) is 12.6 Å². The molecule has 0 bridgehead atoms. The van der Waals surface area contributed by atoms with Gasteiger partial charge in [-0.1, -0.05) is 60.7 Å². The number of rotatable bonds is 6. The number of aromatic nitrogens is 2. The molecule has 3 heterocycles. The molecule has 7 nitrogen and oxygen atoms in total. The number of carbonyl (C=O) groups is 1. The Morgan fingerprint density at radius 3 is 1.80 bits per heavy atom. The van der Waals surface area contributed by atoms with Gasteiger partial charge in [-0.25, -0.2) is 9.97 Å². The molecule has 0 N–H and O–H groups in total. The van der Waals surface area contributed by atoms with Crippen LogP contribution in [0.2, 0.25) is 0 Å². The Bertz CT molecular complexity index is 1000. The molecule has 3 aromatic rings. The minimum atomic E-state index is 0. The van der Waals surface area contributed by atoms with E-state index in [1.807, 2.05) is 11.0 Å². The van der Waals surface area contributed by atoms with Crippen LogP contribution >= 0.6 is 12.4 Å². The zero-order valence-electron chi connectivity index (χ0n) is 19.9. The Morgan fingerprint density at radius 1 is 0.714 bits per heavy atom. The Morgan fingerprint density at radius 2 is 1.26 bits per heavy atom. The number of hydrogen-bond acceptors (Lipinski definition) is 6. The zero-order valence-corrected chi connectivity index (χ0v) is 20.8. The summed E-state index contributed by atoms with van der Waals surface area (Å²) < 4.78 is 0. The van der Waals surface area contributed by atoms with Crippen molar-refractivity contribution in [1.82, 2.24) is 24.7 Å². The highest BCUT2D eigenvalue weighted by atomic mass is 35.5. The summed E-state index contributed by atoms with van der Waals surface area (Å²) in [6.07, 6.45) is 3.55. The summed E-state index contributed by atoms with van der Waals surface area (Å²) in [5.41, 5.74) is 2.60. The van der Waals surface area contributed by atoms with E-state index in [4.69, 9.17) is 0 Å². The third-order valence-corrected chi connectivity index (χ3v) is 6.83. The number of amides is 1. The molecule has 0 spiro atoms. The van der Waals surface area contributed by atoms with Gasteiger partial charge in [-0.3, -0.25) is 14.6 Å². The largest absolute Gasteiger partial charge is 0.339 e. The SMILES string of the molecule is Cl.O=C(CN1CCN(c2ncccn2)CC1)N1CCN(C(c2ccccc2)c2ccccc2)CC1. The summed E-state index contributed by atoms with van der Waals surface area (Å²) in [6.45, 7) is 7.19. The van der Waals surface area contributed by atoms with Crippen LogP contribution in [-0.4, -0.2) is 89.5 Å². The molecule has 1 aromatic heterocycles. The standard InChI is InChI=1S/C27H32N6O.ClH/c34-25(22-30-14-16-33(17-15-30)27-28-12-7-13-29-27)31-18-20-32(21-19-31)26(23-8-3-1-4-9-23)24-10-5-2-6-11-24;/h1-13,26H,14-22H2;1H. The molecule has 0 saturated carbocycles. The maximum Gasteiger partial charge on any atom is 0.236 e. The summed E-state index contributed by atoms with van der Waals surface area (Å²) in [7, 11) is 0. The monoisotopic (exact) mass is 492 g/mol. The van der Waals surface area contributed by atoms with Crippen LogP contribution in [0.5, 0.6) is 0 Å². The molecule has 2 aromatic carbocycles. The molecule has 35 heavy (non-hydrogen) atoms. The maximum atomic E-state index is 13.1. The Balaban J connectivity index is 0.00000289. The average Bonchev–Trinajstić information content (AvgIpc) is 2.91. The second kappa shape index (κ2) is 12.1. The summed E-state index contributed by atoms with van der Waals surface area (Å²) in [5.74, 6) is 1.01. The quantitative estimate of drug-likeness (QED) is 0.527. The van der Waals surface area contributed by atoms with Crippen LogP contribution in [0.25, 0.3) is 0 Å². The first kappa shape index (κ1) is 25.1. The molecule has 184 valence electrons. The van der Waals surface area contributed by atoms with E-state index in [0.717, 1.165) is 58.3 Å². The first-order chi connectivity index (χ1) is 16.8. The minimum absolute atomic E-state index is 0. The number of hydrogen-bond donors (Lipinski definition) is 0. The van der Waals surface area contributed by atoms with Crippen molar-refractivity contribution in [1.29, 1.82) is 0 Å². The lowest BCUT2D eigenvalue weighted by atomic mass is 9.96. The van der Waals surface area contributed by atoms with Gasteiger partial charge >= 0.3 is 0 Å². The van der Waals surface area contributed by atoms with E-state index in [9.17, 15) is 4.79 Å². The highest BCUT2D eigenvalue weighted by Crippen LogP contribution is 2.29. The van der Waals surface area contributed by atoms with Gasteiger partial charge in [0.1, 0.15) is 0 Å². The minimum Gasteiger partial charge on any atom is -0.339 e. The molecular formula is C27H33ClN6O. The van der Waals surface area contributed by atoms with Crippen molar-refractivity contribution in [2.75, 3.05) is 63.8 Å². The first-order valence-electron chi connectivity index (χ1n) is 12.1. The zero-order chi connectivity index (χ0) is 23.2. The first-order valence-corrected chi connectivity index (χ1v) is 12.1. The van der Waals surface area contributed by atoms with Crippen LogP contribution in [0.4, 0.5) is 5.95 Å². The van der Waals surface area contributed by atoms with Gasteiger partial charge in [0.25, 0.3) is 0 Å². The van der Waals surface area contributed by atoms with Gasteiger partial charge in [0.2, 0.25) is 11.9 Å². The Kier molecular flexibility index (Phi) is 8.69. The van der Waals surface area contributed by atoms with E-state index in [1.165, 1.54) is 11.1 Å². The van der Waals surface area contributed by atoms with Crippen LogP contribution in [-0.2, 0) is 4.79 Å². The van der Waals surface area contributed by atoms with Crippen LogP contribution in [0, 0.1) is 0 Å². The van der Waals surface area contributed by atoms with Crippen molar-refractivity contribution >= 4 is 24.3 Å². The number of piperazine rings is 2. The lowest BCUT2D eigenvalue weighted by Gasteiger charge is -2.41. The molecule has 0 unspecified atom stereocenters. The summed E-state index contributed by atoms with van der Waals surface area (Å²) in [5, 5.41) is 0. The summed E-state index contributed by atoms with van der Waals surface area (Å²) >= 11 is 0. The van der Waals surface area contributed by atoms with Crippen molar-refractivity contribution in [3.05, 3.63) is 90.3 Å². The average molecular weight is 493 g/mol. The van der Waals surface area contributed by atoms with Gasteiger partial charge in [-0.2, -0.15) is 0 Å². The van der Waals surface area contributed by atoms with Crippen LogP contribution in [0.3, 0.4) is 0 Å². The molecule has 2 saturated heterocycles. The Labute approximate surface area is 213 Å². The maximum absolute atomic E-state index is 13.1. The topological polar surface area (TPSA) is 55.8 Å². The molecule has 1 amide bonds. The van der Waals surface area contributed by atoms with Crippen molar-refractivity contribution < 1.29 is 4.79 Å². The third-order valence-electron chi connectivity index (χ3n) is 6.83. The summed E-state index contributed by atoms with van der Waals surface area (Å²) in [6, 6.07) is 23.4. The number of anilines is 1. The lowest BCUT2D eigenvalue weighted by molar-refractivity contribution is -0.134. The fourth-order valence-corrected chi connectivity index (χ4v) is 4.97. The predicted octanol–water partition coefficient (Wildman–Crippen LogP) is 2.95. The number of halogens is 1. The molecule has 0 atom stereocenters. The molecule has 8 heteroatoms. The molecule has 2 aliphatic rings. The van der Waals surface area contributed by atoms with E-state index >= 15 is 0 Å². The second-order valence-corrected chi connectivity index (χ2v) is 8.95. The van der Waals surface area contributed by atoms with Crippen molar-refractivity contribution in [3.63, 3.8) is 0 Å². The Hall–Kier alpha value is -3.00. The molecule has 2 fully saturated rings. The number of carbonyl (C=O) groups excluding carboxylic acids is 1. The highest BCUT2D eigenvalue weighted by molar-refractivity contribution is 5.85. The molecular weight excluding hydrogens is 460 g/mol. The van der Waals surface area contributed by atoms with Gasteiger partial charge in [0, 0.05) is 64.8 Å². The lowest BCUT2D eigenvalue weighted by Crippen LogP contribution is -2.54. The van der Waals surface area contributed by atoms with Gasteiger partial charge in [-0.05, 0) is 17.2 Å². The van der Waals surface area contributed by atoms with E-state index in [1.54, 1.807) is 12.4 Å². The van der Waals surface area contributed by atoms with E-state index in [0.29, 0.717) is 6.54 Å². The number of benzene rings is 2. The highest BCUT2D eigenvalue weighted by Gasteiger charge is 2.29. The number of nitrogens with zero attached hydrogens (tertiary/aromatic N) is 6. The fourth-order valence-electron chi connectivity index (χ4n) is 4.97.